The highest BCUT2D eigenvalue weighted by molar-refractivity contribution is 6.31. The summed E-state index contributed by atoms with van der Waals surface area (Å²) in [5.74, 6) is 0.477. The Kier molecular flexibility index (Phi) is 2.41. The molecule has 0 unspecified atom stereocenters. The van der Waals surface area contributed by atoms with Crippen LogP contribution in [-0.4, -0.2) is 21.6 Å². The first-order chi connectivity index (χ1) is 6.70. The van der Waals surface area contributed by atoms with Crippen LogP contribution in [0.1, 0.15) is 11.9 Å². The molecular formula is C9H10ClN3O. The van der Waals surface area contributed by atoms with Crippen LogP contribution in [0.15, 0.2) is 18.2 Å². The first-order valence-electron chi connectivity index (χ1n) is 4.24. The Bertz CT molecular complexity index is 454. The number of nitrogens with two attached hydrogens (primary N) is 1. The lowest BCUT2D eigenvalue weighted by molar-refractivity contribution is 0.178. The minimum atomic E-state index is -0.749. The van der Waals surface area contributed by atoms with Crippen LogP contribution in [0, 0.1) is 0 Å². The van der Waals surface area contributed by atoms with Gasteiger partial charge in [-0.2, -0.15) is 0 Å². The molecule has 0 amide bonds. The Morgan fingerprint density at radius 2 is 2.36 bits per heavy atom. The van der Waals surface area contributed by atoms with Gasteiger partial charge in [0.15, 0.2) is 0 Å². The molecule has 4 nitrogen and oxygen atoms in total. The van der Waals surface area contributed by atoms with E-state index in [0.717, 1.165) is 11.0 Å². The van der Waals surface area contributed by atoms with Crippen LogP contribution in [-0.2, 0) is 0 Å². The molecule has 0 saturated heterocycles. The van der Waals surface area contributed by atoms with E-state index in [0.29, 0.717) is 10.8 Å². The molecule has 1 atom stereocenters. The number of hydrogen-bond acceptors (Lipinski definition) is 3. The second-order valence-corrected chi connectivity index (χ2v) is 3.47. The van der Waals surface area contributed by atoms with Gasteiger partial charge in [0.05, 0.1) is 11.0 Å². The van der Waals surface area contributed by atoms with Crippen LogP contribution in [0.25, 0.3) is 11.0 Å². The van der Waals surface area contributed by atoms with Gasteiger partial charge in [-0.05, 0) is 18.2 Å². The van der Waals surface area contributed by atoms with Crippen LogP contribution in [0.2, 0.25) is 5.02 Å². The lowest BCUT2D eigenvalue weighted by atomic mass is 10.3. The molecule has 0 aliphatic rings. The van der Waals surface area contributed by atoms with E-state index in [9.17, 15) is 5.11 Å². The Balaban J connectivity index is 2.51. The molecule has 2 aromatic rings. The minimum Gasteiger partial charge on any atom is -0.384 e. The molecule has 0 spiro atoms. The van der Waals surface area contributed by atoms with Gasteiger partial charge in [0.1, 0.15) is 11.9 Å². The van der Waals surface area contributed by atoms with Gasteiger partial charge in [-0.3, -0.25) is 0 Å². The summed E-state index contributed by atoms with van der Waals surface area (Å²) >= 11 is 5.80. The minimum absolute atomic E-state index is 0.146. The number of aromatic amines is 1. The number of fused-ring (bicyclic) bond motifs is 1. The van der Waals surface area contributed by atoms with Crippen LogP contribution in [0.3, 0.4) is 0 Å². The van der Waals surface area contributed by atoms with E-state index in [4.69, 9.17) is 17.3 Å². The van der Waals surface area contributed by atoms with E-state index in [1.54, 1.807) is 12.1 Å². The number of H-pyrrole nitrogens is 1. The molecule has 0 radical (unpaired) electrons. The predicted molar refractivity (Wildman–Crippen MR) is 55.1 cm³/mol. The standard InChI is InChI=1S/C9H10ClN3O/c10-5-1-2-6-7(3-5)13-9(12-6)8(14)4-11/h1-3,8,14H,4,11H2,(H,12,13)/t8-/m1/s1. The maximum atomic E-state index is 9.45. The molecule has 74 valence electrons. The summed E-state index contributed by atoms with van der Waals surface area (Å²) in [5, 5.41) is 10.1. The number of nitrogens with one attached hydrogen (secondary N) is 1. The number of halogens is 1. The zero-order valence-corrected chi connectivity index (χ0v) is 8.12. The van der Waals surface area contributed by atoms with E-state index < -0.39 is 6.10 Å². The van der Waals surface area contributed by atoms with Gasteiger partial charge in [-0.1, -0.05) is 11.6 Å². The Hall–Kier alpha value is -1.10. The third-order valence-corrected chi connectivity index (χ3v) is 2.24. The normalized spacial score (nSPS) is 13.4. The van der Waals surface area contributed by atoms with Crippen molar-refractivity contribution in [1.29, 1.82) is 0 Å². The van der Waals surface area contributed by atoms with Gasteiger partial charge in [0, 0.05) is 11.6 Å². The van der Waals surface area contributed by atoms with Crippen molar-refractivity contribution in [3.63, 3.8) is 0 Å². The lowest BCUT2D eigenvalue weighted by Crippen LogP contribution is -2.12. The van der Waals surface area contributed by atoms with Crippen molar-refractivity contribution in [2.75, 3.05) is 6.54 Å². The average molecular weight is 212 g/mol. The average Bonchev–Trinajstić information content (AvgIpc) is 2.59. The Labute approximate surface area is 85.7 Å². The van der Waals surface area contributed by atoms with Crippen molar-refractivity contribution < 1.29 is 5.11 Å². The van der Waals surface area contributed by atoms with Gasteiger partial charge in [-0.25, -0.2) is 4.98 Å². The third kappa shape index (κ3) is 1.59. The quantitative estimate of drug-likeness (QED) is 0.699. The molecule has 5 heteroatoms. The molecule has 1 aromatic heterocycles. The largest absolute Gasteiger partial charge is 0.384 e. The first-order valence-corrected chi connectivity index (χ1v) is 4.62. The second-order valence-electron chi connectivity index (χ2n) is 3.04. The number of nitrogens with zero attached hydrogens (tertiary/aromatic N) is 1. The summed E-state index contributed by atoms with van der Waals surface area (Å²) in [4.78, 5) is 7.15. The Morgan fingerprint density at radius 3 is 3.07 bits per heavy atom. The number of rotatable bonds is 2. The SMILES string of the molecule is NC[C@@H](O)c1nc2cc(Cl)ccc2[nH]1. The van der Waals surface area contributed by atoms with Crippen molar-refractivity contribution >= 4 is 22.6 Å². The van der Waals surface area contributed by atoms with Crippen molar-refractivity contribution in [2.24, 2.45) is 5.73 Å². The van der Waals surface area contributed by atoms with Gasteiger partial charge in [0.25, 0.3) is 0 Å². The first kappa shape index (κ1) is 9.45. The van der Waals surface area contributed by atoms with E-state index in [1.807, 2.05) is 6.07 Å². The van der Waals surface area contributed by atoms with E-state index in [-0.39, 0.29) is 6.54 Å². The summed E-state index contributed by atoms with van der Waals surface area (Å²) < 4.78 is 0. The second kappa shape index (κ2) is 3.57. The molecule has 2 rings (SSSR count). The van der Waals surface area contributed by atoms with E-state index >= 15 is 0 Å². The lowest BCUT2D eigenvalue weighted by Gasteiger charge is -2.00. The van der Waals surface area contributed by atoms with Crippen molar-refractivity contribution in [1.82, 2.24) is 9.97 Å². The number of aliphatic hydroxyl groups excluding tert-OH is 1. The maximum absolute atomic E-state index is 9.45. The fraction of sp³-hybridized carbons (Fsp3) is 0.222. The van der Waals surface area contributed by atoms with Crippen molar-refractivity contribution in [3.8, 4) is 0 Å². The van der Waals surface area contributed by atoms with Crippen molar-refractivity contribution in [2.45, 2.75) is 6.10 Å². The zero-order valence-electron chi connectivity index (χ0n) is 7.37. The monoisotopic (exact) mass is 211 g/mol. The highest BCUT2D eigenvalue weighted by Gasteiger charge is 2.10. The number of aromatic nitrogens is 2. The maximum Gasteiger partial charge on any atom is 0.137 e. The number of imidazole rings is 1. The molecule has 0 aliphatic heterocycles. The summed E-state index contributed by atoms with van der Waals surface area (Å²) in [6, 6.07) is 5.32. The van der Waals surface area contributed by atoms with Crippen LogP contribution < -0.4 is 5.73 Å². The molecule has 0 aliphatic carbocycles. The fourth-order valence-electron chi connectivity index (χ4n) is 1.27. The number of aliphatic hydroxyl groups is 1. The van der Waals surface area contributed by atoms with Gasteiger partial charge in [0.2, 0.25) is 0 Å². The molecule has 1 aromatic carbocycles. The zero-order chi connectivity index (χ0) is 10.1. The highest BCUT2D eigenvalue weighted by atomic mass is 35.5. The van der Waals surface area contributed by atoms with Crippen molar-refractivity contribution in [3.05, 3.63) is 29.0 Å². The molecule has 14 heavy (non-hydrogen) atoms. The summed E-state index contributed by atoms with van der Waals surface area (Å²) in [5.41, 5.74) is 6.90. The van der Waals surface area contributed by atoms with Gasteiger partial charge >= 0.3 is 0 Å². The van der Waals surface area contributed by atoms with Gasteiger partial charge < -0.3 is 15.8 Å². The topological polar surface area (TPSA) is 74.9 Å². The van der Waals surface area contributed by atoms with Crippen LogP contribution in [0.4, 0.5) is 0 Å². The predicted octanol–water partition coefficient (Wildman–Crippen LogP) is 1.21. The molecular weight excluding hydrogens is 202 g/mol. The molecule has 0 fully saturated rings. The smallest absolute Gasteiger partial charge is 0.137 e. The Morgan fingerprint density at radius 1 is 1.57 bits per heavy atom. The molecule has 1 heterocycles. The molecule has 0 bridgehead atoms. The van der Waals surface area contributed by atoms with E-state index in [2.05, 4.69) is 9.97 Å². The van der Waals surface area contributed by atoms with Crippen LogP contribution >= 0.6 is 11.6 Å². The number of hydrogen-bond donors (Lipinski definition) is 3. The fourth-order valence-corrected chi connectivity index (χ4v) is 1.43. The molecule has 4 N–H and O–H groups in total. The summed E-state index contributed by atoms with van der Waals surface area (Å²) in [7, 11) is 0. The van der Waals surface area contributed by atoms with Crippen LogP contribution in [0.5, 0.6) is 0 Å². The molecule has 0 saturated carbocycles. The summed E-state index contributed by atoms with van der Waals surface area (Å²) in [6.07, 6.45) is -0.749. The summed E-state index contributed by atoms with van der Waals surface area (Å²) in [6.45, 7) is 0.146. The third-order valence-electron chi connectivity index (χ3n) is 2.00. The van der Waals surface area contributed by atoms with Gasteiger partial charge in [-0.15, -0.1) is 0 Å². The number of benzene rings is 1. The van der Waals surface area contributed by atoms with E-state index in [1.165, 1.54) is 0 Å². The highest BCUT2D eigenvalue weighted by Crippen LogP contribution is 2.19.